The second kappa shape index (κ2) is 7.81. The summed E-state index contributed by atoms with van der Waals surface area (Å²) in [5.41, 5.74) is 0. The number of carbonyl (C=O) groups is 1. The van der Waals surface area contributed by atoms with Crippen molar-refractivity contribution in [1.29, 1.82) is 5.26 Å². The maximum Gasteiger partial charge on any atom is 0.232 e. The summed E-state index contributed by atoms with van der Waals surface area (Å²) in [6.45, 7) is 0.467. The van der Waals surface area contributed by atoms with Crippen molar-refractivity contribution in [2.45, 2.75) is 36.9 Å². The first kappa shape index (κ1) is 17.0. The predicted molar refractivity (Wildman–Crippen MR) is 94.0 cm³/mol. The molecular formula is C16H19N5OS2. The van der Waals surface area contributed by atoms with Crippen LogP contribution in [-0.4, -0.2) is 44.9 Å². The molecule has 0 bridgehead atoms. The molecule has 6 nitrogen and oxygen atoms in total. The summed E-state index contributed by atoms with van der Waals surface area (Å²) in [6.07, 6.45) is 3.45. The van der Waals surface area contributed by atoms with E-state index in [0.29, 0.717) is 24.8 Å². The lowest BCUT2D eigenvalue weighted by atomic mass is 10.3. The van der Waals surface area contributed by atoms with E-state index >= 15 is 0 Å². The number of thiophene rings is 1. The molecule has 1 aliphatic carbocycles. The van der Waals surface area contributed by atoms with Gasteiger partial charge in [0.05, 0.1) is 18.2 Å². The van der Waals surface area contributed by atoms with Gasteiger partial charge in [0.1, 0.15) is 5.82 Å². The van der Waals surface area contributed by atoms with E-state index in [-0.39, 0.29) is 5.91 Å². The zero-order chi connectivity index (χ0) is 16.9. The van der Waals surface area contributed by atoms with Gasteiger partial charge in [-0.15, -0.1) is 21.5 Å². The number of aromatic nitrogens is 3. The summed E-state index contributed by atoms with van der Waals surface area (Å²) >= 11 is 3.16. The van der Waals surface area contributed by atoms with Crippen LogP contribution >= 0.6 is 23.1 Å². The Balaban J connectivity index is 1.64. The number of hydrogen-bond donors (Lipinski definition) is 0. The molecular weight excluding hydrogens is 342 g/mol. The highest BCUT2D eigenvalue weighted by atomic mass is 32.2. The summed E-state index contributed by atoms with van der Waals surface area (Å²) in [4.78, 5) is 15.0. The van der Waals surface area contributed by atoms with Crippen molar-refractivity contribution in [3.8, 4) is 6.07 Å². The van der Waals surface area contributed by atoms with Crippen molar-refractivity contribution >= 4 is 29.0 Å². The lowest BCUT2D eigenvalue weighted by molar-refractivity contribution is -0.127. The van der Waals surface area contributed by atoms with Gasteiger partial charge >= 0.3 is 0 Å². The first-order chi connectivity index (χ1) is 11.7. The Kier molecular flexibility index (Phi) is 5.53. The average Bonchev–Trinajstić information content (AvgIpc) is 3.14. The molecule has 0 aliphatic heterocycles. The number of thioether (sulfide) groups is 1. The quantitative estimate of drug-likeness (QED) is 0.676. The van der Waals surface area contributed by atoms with E-state index in [1.807, 2.05) is 6.07 Å². The van der Waals surface area contributed by atoms with Gasteiger partial charge in [-0.3, -0.25) is 4.79 Å². The molecule has 1 saturated carbocycles. The molecule has 0 aromatic carbocycles. The molecule has 0 atom stereocenters. The van der Waals surface area contributed by atoms with E-state index in [1.54, 1.807) is 23.3 Å². The van der Waals surface area contributed by atoms with Crippen LogP contribution in [-0.2, 0) is 11.2 Å². The highest BCUT2D eigenvalue weighted by Crippen LogP contribution is 2.39. The summed E-state index contributed by atoms with van der Waals surface area (Å²) in [5.74, 6) is 1.32. The van der Waals surface area contributed by atoms with Gasteiger partial charge in [0.2, 0.25) is 5.91 Å². The monoisotopic (exact) mass is 361 g/mol. The van der Waals surface area contributed by atoms with Gasteiger partial charge in [0.25, 0.3) is 0 Å². The fourth-order valence-corrected chi connectivity index (χ4v) is 4.04. The smallest absolute Gasteiger partial charge is 0.232 e. The molecule has 0 spiro atoms. The van der Waals surface area contributed by atoms with Crippen molar-refractivity contribution in [3.63, 3.8) is 0 Å². The van der Waals surface area contributed by atoms with E-state index in [0.717, 1.165) is 30.2 Å². The molecule has 24 heavy (non-hydrogen) atoms. The first-order valence-electron chi connectivity index (χ1n) is 7.89. The highest BCUT2D eigenvalue weighted by molar-refractivity contribution is 7.99. The van der Waals surface area contributed by atoms with E-state index < -0.39 is 0 Å². The van der Waals surface area contributed by atoms with Crippen molar-refractivity contribution in [3.05, 3.63) is 28.2 Å². The Morgan fingerprint density at radius 1 is 1.54 bits per heavy atom. The Morgan fingerprint density at radius 2 is 2.38 bits per heavy atom. The summed E-state index contributed by atoms with van der Waals surface area (Å²) in [6, 6.07) is 6.69. The standard InChI is InChI=1S/C16H19N5OS2/c1-20(8-3-7-17)15(22)11-24-16-19-18-14(21(16)12-5-6-12)10-13-4-2-9-23-13/h2,4,9,12H,3,5-6,8,10-11H2,1H3. The van der Waals surface area contributed by atoms with Gasteiger partial charge in [-0.2, -0.15) is 5.26 Å². The largest absolute Gasteiger partial charge is 0.344 e. The van der Waals surface area contributed by atoms with E-state index in [9.17, 15) is 4.79 Å². The molecule has 0 N–H and O–H groups in total. The zero-order valence-electron chi connectivity index (χ0n) is 13.5. The number of nitriles is 1. The summed E-state index contributed by atoms with van der Waals surface area (Å²) < 4.78 is 2.20. The van der Waals surface area contributed by atoms with Crippen LogP contribution in [0.25, 0.3) is 0 Å². The second-order valence-electron chi connectivity index (χ2n) is 5.77. The molecule has 0 saturated heterocycles. The average molecular weight is 361 g/mol. The molecule has 1 fully saturated rings. The number of amides is 1. The molecule has 2 aromatic rings. The fourth-order valence-electron chi connectivity index (χ4n) is 2.37. The van der Waals surface area contributed by atoms with Gasteiger partial charge < -0.3 is 9.47 Å². The topological polar surface area (TPSA) is 74.8 Å². The lowest BCUT2D eigenvalue weighted by Gasteiger charge is -2.15. The van der Waals surface area contributed by atoms with Crippen LogP contribution in [0.15, 0.2) is 22.7 Å². The molecule has 1 amide bonds. The van der Waals surface area contributed by atoms with Crippen molar-refractivity contribution in [2.75, 3.05) is 19.3 Å². The Labute approximate surface area is 149 Å². The minimum atomic E-state index is 0.0143. The van der Waals surface area contributed by atoms with Gasteiger partial charge in [-0.05, 0) is 24.3 Å². The molecule has 3 rings (SSSR count). The molecule has 2 heterocycles. The van der Waals surface area contributed by atoms with Crippen LogP contribution < -0.4 is 0 Å². The molecule has 2 aromatic heterocycles. The minimum Gasteiger partial charge on any atom is -0.344 e. The van der Waals surface area contributed by atoms with E-state index in [4.69, 9.17) is 5.26 Å². The molecule has 8 heteroatoms. The number of nitrogens with zero attached hydrogens (tertiary/aromatic N) is 5. The van der Waals surface area contributed by atoms with Crippen LogP contribution in [0.1, 0.15) is 36.0 Å². The van der Waals surface area contributed by atoms with Crippen LogP contribution in [0, 0.1) is 11.3 Å². The second-order valence-corrected chi connectivity index (χ2v) is 7.74. The number of rotatable bonds is 8. The molecule has 0 radical (unpaired) electrons. The van der Waals surface area contributed by atoms with Crippen molar-refractivity contribution in [2.24, 2.45) is 0 Å². The third-order valence-corrected chi connectivity index (χ3v) is 5.67. The normalized spacial score (nSPS) is 13.7. The van der Waals surface area contributed by atoms with Gasteiger partial charge in [0, 0.05) is 30.9 Å². The van der Waals surface area contributed by atoms with Gasteiger partial charge in [-0.25, -0.2) is 0 Å². The SMILES string of the molecule is CN(CCC#N)C(=O)CSc1nnc(Cc2cccs2)n1C1CC1. The highest BCUT2D eigenvalue weighted by Gasteiger charge is 2.30. The minimum absolute atomic E-state index is 0.0143. The van der Waals surface area contributed by atoms with Crippen LogP contribution in [0.4, 0.5) is 0 Å². The Hall–Kier alpha value is -1.85. The van der Waals surface area contributed by atoms with Crippen LogP contribution in [0.3, 0.4) is 0 Å². The van der Waals surface area contributed by atoms with Crippen LogP contribution in [0.5, 0.6) is 0 Å². The maximum absolute atomic E-state index is 12.1. The van der Waals surface area contributed by atoms with E-state index in [1.165, 1.54) is 16.6 Å². The van der Waals surface area contributed by atoms with Crippen molar-refractivity contribution < 1.29 is 4.79 Å². The van der Waals surface area contributed by atoms with E-state index in [2.05, 4.69) is 32.3 Å². The lowest BCUT2D eigenvalue weighted by Crippen LogP contribution is -2.29. The zero-order valence-corrected chi connectivity index (χ0v) is 15.1. The molecule has 0 unspecified atom stereocenters. The first-order valence-corrected chi connectivity index (χ1v) is 9.75. The van der Waals surface area contributed by atoms with Gasteiger partial charge in [0.15, 0.2) is 5.16 Å². The number of hydrogen-bond acceptors (Lipinski definition) is 6. The number of carbonyl (C=O) groups excluding carboxylic acids is 1. The fraction of sp³-hybridized carbons (Fsp3) is 0.500. The summed E-state index contributed by atoms with van der Waals surface area (Å²) in [7, 11) is 1.73. The third-order valence-electron chi connectivity index (χ3n) is 3.87. The Bertz CT molecular complexity index is 730. The summed E-state index contributed by atoms with van der Waals surface area (Å²) in [5, 5.41) is 20.2. The third kappa shape index (κ3) is 4.16. The van der Waals surface area contributed by atoms with Crippen molar-refractivity contribution in [1.82, 2.24) is 19.7 Å². The maximum atomic E-state index is 12.1. The molecule has 1 aliphatic rings. The molecule has 126 valence electrons. The Morgan fingerprint density at radius 3 is 3.04 bits per heavy atom. The van der Waals surface area contributed by atoms with Gasteiger partial charge in [-0.1, -0.05) is 17.8 Å². The predicted octanol–water partition coefficient (Wildman–Crippen LogP) is 2.73. The van der Waals surface area contributed by atoms with Crippen LogP contribution in [0.2, 0.25) is 0 Å².